The number of carbonyl (C=O) groups is 1. The van der Waals surface area contributed by atoms with Crippen LogP contribution in [0.5, 0.6) is 0 Å². The van der Waals surface area contributed by atoms with E-state index in [9.17, 15) is 30.3 Å². The number of aliphatic hydroxyl groups excluding tert-OH is 5. The van der Waals surface area contributed by atoms with Crippen molar-refractivity contribution in [3.8, 4) is 0 Å². The molecule has 1 amide bonds. The van der Waals surface area contributed by atoms with Crippen LogP contribution < -0.4 is 5.32 Å². The zero-order valence-corrected chi connectivity index (χ0v) is 32.0. The Morgan fingerprint density at radius 2 is 1.19 bits per heavy atom. The Kier molecular flexibility index (Phi) is 30.1. The first kappa shape index (κ1) is 47.4. The molecule has 0 bridgehead atoms. The van der Waals surface area contributed by atoms with Gasteiger partial charge >= 0.3 is 0 Å². The van der Waals surface area contributed by atoms with Crippen LogP contribution in [0.25, 0.3) is 0 Å². The fourth-order valence-corrected chi connectivity index (χ4v) is 5.49. The molecule has 1 rings (SSSR count). The first-order chi connectivity index (χ1) is 25.3. The number of amides is 1. The van der Waals surface area contributed by atoms with Crippen molar-refractivity contribution in [2.45, 2.75) is 166 Å². The topological polar surface area (TPSA) is 149 Å². The number of allylic oxidation sites excluding steroid dienone is 13. The Hall–Kier alpha value is -2.63. The summed E-state index contributed by atoms with van der Waals surface area (Å²) in [6.07, 6.45) is 38.3. The molecule has 7 unspecified atom stereocenters. The molecule has 52 heavy (non-hydrogen) atoms. The molecule has 9 heteroatoms. The minimum Gasteiger partial charge on any atom is -0.394 e. The van der Waals surface area contributed by atoms with Gasteiger partial charge in [0.25, 0.3) is 0 Å². The number of hydrogen-bond acceptors (Lipinski definition) is 8. The van der Waals surface area contributed by atoms with Crippen molar-refractivity contribution in [2.24, 2.45) is 0 Å². The van der Waals surface area contributed by atoms with Gasteiger partial charge < -0.3 is 40.3 Å². The smallest absolute Gasteiger partial charge is 0.220 e. The summed E-state index contributed by atoms with van der Waals surface area (Å²) in [5, 5.41) is 53.4. The second-order valence-electron chi connectivity index (χ2n) is 13.3. The summed E-state index contributed by atoms with van der Waals surface area (Å²) in [6.45, 7) is 3.45. The van der Waals surface area contributed by atoms with E-state index in [2.05, 4.69) is 92.1 Å². The summed E-state index contributed by atoms with van der Waals surface area (Å²) in [6, 6.07) is -0.813. The standard InChI is InChI=1S/C43H71NO8/c1-3-5-7-9-10-11-12-13-14-15-16-17-18-19-20-21-22-23-24-25-26-27-28-29-31-33-39(47)44-36(37(46)32-30-8-6-4-2)35-51-43-42(50)41(49)40(48)38(34-45)52-43/h5,7,10-11,13-14,16-17,19-20,22-23,30,32,36-38,40-43,45-46,48-50H,3-4,6,8-9,12,15,18,21,24-29,31,33-35H2,1-2H3,(H,44,47)/b7-5-,11-10-,14-13-,17-16-,20-19-,23-22-,32-30+. The summed E-state index contributed by atoms with van der Waals surface area (Å²) in [5.41, 5.74) is 0. The fraction of sp³-hybridized carbons (Fsp3) is 0.651. The van der Waals surface area contributed by atoms with Gasteiger partial charge in [0, 0.05) is 6.42 Å². The first-order valence-corrected chi connectivity index (χ1v) is 19.8. The highest BCUT2D eigenvalue weighted by atomic mass is 16.7. The third-order valence-corrected chi connectivity index (χ3v) is 8.73. The highest BCUT2D eigenvalue weighted by molar-refractivity contribution is 5.76. The zero-order chi connectivity index (χ0) is 38.1. The Bertz CT molecular complexity index is 1080. The summed E-state index contributed by atoms with van der Waals surface area (Å²) in [4.78, 5) is 12.8. The number of nitrogens with one attached hydrogen (secondary N) is 1. The lowest BCUT2D eigenvalue weighted by Crippen LogP contribution is -2.60. The molecule has 0 aromatic rings. The van der Waals surface area contributed by atoms with Gasteiger partial charge in [-0.3, -0.25) is 4.79 Å². The van der Waals surface area contributed by atoms with Crippen LogP contribution in [0.15, 0.2) is 85.1 Å². The van der Waals surface area contributed by atoms with Gasteiger partial charge in [0.15, 0.2) is 6.29 Å². The highest BCUT2D eigenvalue weighted by Crippen LogP contribution is 2.22. The molecule has 1 aliphatic rings. The first-order valence-electron chi connectivity index (χ1n) is 19.8. The van der Waals surface area contributed by atoms with Crippen LogP contribution in [0.3, 0.4) is 0 Å². The minimum atomic E-state index is -1.57. The number of rotatable bonds is 30. The molecule has 7 atom stereocenters. The lowest BCUT2D eigenvalue weighted by atomic mass is 9.99. The molecule has 0 spiro atoms. The molecule has 6 N–H and O–H groups in total. The van der Waals surface area contributed by atoms with Crippen LogP contribution in [0, 0.1) is 0 Å². The van der Waals surface area contributed by atoms with Crippen molar-refractivity contribution in [3.05, 3.63) is 85.1 Å². The summed E-state index contributed by atoms with van der Waals surface area (Å²) >= 11 is 0. The Balaban J connectivity index is 2.22. The van der Waals surface area contributed by atoms with E-state index in [1.54, 1.807) is 6.08 Å². The number of unbranched alkanes of at least 4 members (excludes halogenated alkanes) is 8. The van der Waals surface area contributed by atoms with E-state index in [4.69, 9.17) is 9.47 Å². The molecule has 1 heterocycles. The van der Waals surface area contributed by atoms with Gasteiger partial charge in [-0.1, -0.05) is 137 Å². The van der Waals surface area contributed by atoms with Crippen molar-refractivity contribution in [3.63, 3.8) is 0 Å². The van der Waals surface area contributed by atoms with Gasteiger partial charge in [0.2, 0.25) is 5.91 Å². The monoisotopic (exact) mass is 730 g/mol. The summed E-state index contributed by atoms with van der Waals surface area (Å²) < 4.78 is 11.0. The molecule has 1 fully saturated rings. The third kappa shape index (κ3) is 23.8. The predicted molar refractivity (Wildman–Crippen MR) is 211 cm³/mol. The van der Waals surface area contributed by atoms with E-state index < -0.39 is 49.5 Å². The summed E-state index contributed by atoms with van der Waals surface area (Å²) in [5.74, 6) is -0.207. The average molecular weight is 730 g/mol. The minimum absolute atomic E-state index is 0.204. The Labute approximate surface area is 314 Å². The second-order valence-corrected chi connectivity index (χ2v) is 13.3. The maximum absolute atomic E-state index is 12.8. The molecule has 296 valence electrons. The molecule has 0 saturated carbocycles. The van der Waals surface area contributed by atoms with Crippen LogP contribution in [-0.2, 0) is 14.3 Å². The molecule has 1 saturated heterocycles. The molecule has 0 aliphatic carbocycles. The quantitative estimate of drug-likeness (QED) is 0.0336. The molecule has 0 aromatic heterocycles. The highest BCUT2D eigenvalue weighted by Gasteiger charge is 2.44. The third-order valence-electron chi connectivity index (χ3n) is 8.73. The number of hydrogen-bond donors (Lipinski definition) is 6. The van der Waals surface area contributed by atoms with E-state index in [0.29, 0.717) is 6.42 Å². The van der Waals surface area contributed by atoms with Crippen LogP contribution in [-0.4, -0.2) is 87.5 Å². The molecule has 9 nitrogen and oxygen atoms in total. The molecular formula is C43H71NO8. The second kappa shape index (κ2) is 33.0. The zero-order valence-electron chi connectivity index (χ0n) is 32.0. The van der Waals surface area contributed by atoms with Crippen LogP contribution in [0.4, 0.5) is 0 Å². The van der Waals surface area contributed by atoms with Crippen LogP contribution in [0.1, 0.15) is 123 Å². The van der Waals surface area contributed by atoms with Crippen molar-refractivity contribution in [1.82, 2.24) is 5.32 Å². The number of carbonyl (C=O) groups excluding carboxylic acids is 1. The fourth-order valence-electron chi connectivity index (χ4n) is 5.49. The Morgan fingerprint density at radius 3 is 1.75 bits per heavy atom. The normalized spacial score (nSPS) is 22.8. The number of aliphatic hydroxyl groups is 5. The largest absolute Gasteiger partial charge is 0.394 e. The molecular weight excluding hydrogens is 658 g/mol. The van der Waals surface area contributed by atoms with E-state index >= 15 is 0 Å². The van der Waals surface area contributed by atoms with Gasteiger partial charge in [-0.2, -0.15) is 0 Å². The van der Waals surface area contributed by atoms with E-state index in [0.717, 1.165) is 103 Å². The van der Waals surface area contributed by atoms with E-state index in [1.165, 1.54) is 0 Å². The molecule has 0 aromatic carbocycles. The van der Waals surface area contributed by atoms with Gasteiger partial charge in [-0.15, -0.1) is 0 Å². The molecule has 0 radical (unpaired) electrons. The van der Waals surface area contributed by atoms with Crippen LogP contribution >= 0.6 is 0 Å². The van der Waals surface area contributed by atoms with Crippen molar-refractivity contribution >= 4 is 5.91 Å². The summed E-state index contributed by atoms with van der Waals surface area (Å²) in [7, 11) is 0. The molecule has 1 aliphatic heterocycles. The maximum Gasteiger partial charge on any atom is 0.220 e. The van der Waals surface area contributed by atoms with E-state index in [-0.39, 0.29) is 12.5 Å². The van der Waals surface area contributed by atoms with Crippen LogP contribution in [0.2, 0.25) is 0 Å². The average Bonchev–Trinajstić information content (AvgIpc) is 3.14. The maximum atomic E-state index is 12.8. The lowest BCUT2D eigenvalue weighted by Gasteiger charge is -2.40. The lowest BCUT2D eigenvalue weighted by molar-refractivity contribution is -0.302. The van der Waals surface area contributed by atoms with Gasteiger partial charge in [0.1, 0.15) is 24.4 Å². The van der Waals surface area contributed by atoms with Gasteiger partial charge in [0.05, 0.1) is 25.4 Å². The number of ether oxygens (including phenoxy) is 2. The Morgan fingerprint density at radius 1 is 0.673 bits per heavy atom. The SMILES string of the molecule is CC/C=C\C/C=C\C/C=C\C/C=C\C/C=C\C/C=C\CCCCCCCCC(=O)NC(COC1OC(CO)C(O)C(O)C1O)C(O)/C=C/CCCC. The van der Waals surface area contributed by atoms with Gasteiger partial charge in [-0.25, -0.2) is 0 Å². The van der Waals surface area contributed by atoms with Crippen molar-refractivity contribution in [2.75, 3.05) is 13.2 Å². The van der Waals surface area contributed by atoms with Gasteiger partial charge in [-0.05, 0) is 64.2 Å². The van der Waals surface area contributed by atoms with Crippen molar-refractivity contribution < 1.29 is 39.8 Å². The van der Waals surface area contributed by atoms with E-state index in [1.807, 2.05) is 6.08 Å². The predicted octanol–water partition coefficient (Wildman–Crippen LogP) is 7.21. The van der Waals surface area contributed by atoms with Crippen molar-refractivity contribution in [1.29, 1.82) is 0 Å².